The summed E-state index contributed by atoms with van der Waals surface area (Å²) in [5, 5.41) is 0. The van der Waals surface area contributed by atoms with Gasteiger partial charge >= 0.3 is 0 Å². The minimum atomic E-state index is 0.484. The van der Waals surface area contributed by atoms with Gasteiger partial charge in [-0.2, -0.15) is 0 Å². The molecule has 0 spiro atoms. The van der Waals surface area contributed by atoms with Gasteiger partial charge in [0.1, 0.15) is 0 Å². The van der Waals surface area contributed by atoms with Gasteiger partial charge in [-0.05, 0) is 18.1 Å². The van der Waals surface area contributed by atoms with Gasteiger partial charge in [0, 0.05) is 5.92 Å². The summed E-state index contributed by atoms with van der Waals surface area (Å²) in [4.78, 5) is 0. The van der Waals surface area contributed by atoms with Gasteiger partial charge < -0.3 is 0 Å². The SMILES string of the molecule is CC(c1ccccc1)c1ccccc1.CCC.Cc1ccccc1. The summed E-state index contributed by atoms with van der Waals surface area (Å²) >= 11 is 0. The molecular weight excluding hydrogens is 288 g/mol. The zero-order valence-electron chi connectivity index (χ0n) is 15.4. The number of benzene rings is 3. The topological polar surface area (TPSA) is 0 Å². The molecule has 0 fully saturated rings. The van der Waals surface area contributed by atoms with Crippen LogP contribution in [0.4, 0.5) is 0 Å². The highest BCUT2D eigenvalue weighted by molar-refractivity contribution is 5.31. The Morgan fingerprint density at radius 3 is 1.12 bits per heavy atom. The Morgan fingerprint density at radius 2 is 0.875 bits per heavy atom. The molecule has 126 valence electrons. The highest BCUT2D eigenvalue weighted by Crippen LogP contribution is 2.22. The minimum Gasteiger partial charge on any atom is -0.0656 e. The van der Waals surface area contributed by atoms with Gasteiger partial charge in [-0.1, -0.05) is 124 Å². The normalized spacial score (nSPS) is 9.38. The van der Waals surface area contributed by atoms with Crippen molar-refractivity contribution in [3.05, 3.63) is 108 Å². The van der Waals surface area contributed by atoms with E-state index in [1.165, 1.54) is 23.1 Å². The van der Waals surface area contributed by atoms with Crippen LogP contribution in [0.25, 0.3) is 0 Å². The Kier molecular flexibility index (Phi) is 9.96. The summed E-state index contributed by atoms with van der Waals surface area (Å²) in [6.45, 7) is 8.57. The molecule has 3 aromatic carbocycles. The van der Waals surface area contributed by atoms with Gasteiger partial charge in [-0.3, -0.25) is 0 Å². The average molecular weight is 319 g/mol. The molecule has 24 heavy (non-hydrogen) atoms. The molecule has 0 N–H and O–H groups in total. The fraction of sp³-hybridized carbons (Fsp3) is 0.250. The van der Waals surface area contributed by atoms with E-state index in [4.69, 9.17) is 0 Å². The predicted octanol–water partition coefficient (Wildman–Crippen LogP) is 7.25. The Labute approximate surface area is 148 Å². The molecule has 0 aliphatic heterocycles. The second kappa shape index (κ2) is 12.1. The second-order valence-electron chi connectivity index (χ2n) is 5.90. The van der Waals surface area contributed by atoms with Gasteiger partial charge in [-0.15, -0.1) is 0 Å². The minimum absolute atomic E-state index is 0.484. The third-order valence-electron chi connectivity index (χ3n) is 3.54. The van der Waals surface area contributed by atoms with E-state index in [-0.39, 0.29) is 0 Å². The van der Waals surface area contributed by atoms with Crippen LogP contribution in [0, 0.1) is 6.92 Å². The van der Waals surface area contributed by atoms with Crippen molar-refractivity contribution in [3.8, 4) is 0 Å². The average Bonchev–Trinajstić information content (AvgIpc) is 2.64. The predicted molar refractivity (Wildman–Crippen MR) is 108 cm³/mol. The monoisotopic (exact) mass is 318 g/mol. The van der Waals surface area contributed by atoms with E-state index in [0.29, 0.717) is 5.92 Å². The van der Waals surface area contributed by atoms with Crippen molar-refractivity contribution in [1.82, 2.24) is 0 Å². The van der Waals surface area contributed by atoms with Gasteiger partial charge in [0.15, 0.2) is 0 Å². The Bertz CT molecular complexity index is 587. The summed E-state index contributed by atoms with van der Waals surface area (Å²) in [5.41, 5.74) is 4.07. The molecule has 0 saturated heterocycles. The first-order chi connectivity index (χ1) is 11.7. The van der Waals surface area contributed by atoms with Crippen LogP contribution in [0.2, 0.25) is 0 Å². The Morgan fingerprint density at radius 1 is 0.583 bits per heavy atom. The number of rotatable bonds is 2. The molecule has 0 unspecified atom stereocenters. The lowest BCUT2D eigenvalue weighted by atomic mass is 9.93. The van der Waals surface area contributed by atoms with Gasteiger partial charge in [-0.25, -0.2) is 0 Å². The maximum atomic E-state index is 2.24. The molecule has 0 bridgehead atoms. The molecule has 0 radical (unpaired) electrons. The van der Waals surface area contributed by atoms with Crippen LogP contribution in [0.15, 0.2) is 91.0 Å². The fourth-order valence-corrected chi connectivity index (χ4v) is 2.21. The van der Waals surface area contributed by atoms with Crippen LogP contribution in [-0.4, -0.2) is 0 Å². The van der Waals surface area contributed by atoms with Crippen molar-refractivity contribution in [2.24, 2.45) is 0 Å². The molecular formula is C24H30. The van der Waals surface area contributed by atoms with Crippen molar-refractivity contribution < 1.29 is 0 Å². The van der Waals surface area contributed by atoms with Gasteiger partial charge in [0.2, 0.25) is 0 Å². The van der Waals surface area contributed by atoms with E-state index >= 15 is 0 Å². The number of hydrogen-bond acceptors (Lipinski definition) is 0. The fourth-order valence-electron chi connectivity index (χ4n) is 2.21. The lowest BCUT2D eigenvalue weighted by molar-refractivity contribution is 0.922. The molecule has 0 saturated carbocycles. The summed E-state index contributed by atoms with van der Waals surface area (Å²) in [5.74, 6) is 0.484. The smallest absolute Gasteiger partial charge is 0.00610 e. The summed E-state index contributed by atoms with van der Waals surface area (Å²) < 4.78 is 0. The van der Waals surface area contributed by atoms with Crippen LogP contribution in [-0.2, 0) is 0 Å². The molecule has 0 amide bonds. The summed E-state index contributed by atoms with van der Waals surface area (Å²) in [7, 11) is 0. The Balaban J connectivity index is 0.000000241. The first-order valence-corrected chi connectivity index (χ1v) is 8.80. The van der Waals surface area contributed by atoms with Gasteiger partial charge in [0.05, 0.1) is 0 Å². The Hall–Kier alpha value is -2.34. The molecule has 0 atom stereocenters. The molecule has 3 aromatic rings. The van der Waals surface area contributed by atoms with Crippen molar-refractivity contribution >= 4 is 0 Å². The van der Waals surface area contributed by atoms with E-state index in [1.54, 1.807) is 0 Å². The molecule has 0 aliphatic rings. The molecule has 3 rings (SSSR count). The third kappa shape index (κ3) is 7.78. The van der Waals surface area contributed by atoms with E-state index in [2.05, 4.69) is 100 Å². The van der Waals surface area contributed by atoms with E-state index in [0.717, 1.165) is 0 Å². The highest BCUT2D eigenvalue weighted by atomic mass is 14.1. The van der Waals surface area contributed by atoms with Crippen molar-refractivity contribution in [2.45, 2.75) is 40.0 Å². The second-order valence-corrected chi connectivity index (χ2v) is 5.90. The maximum Gasteiger partial charge on any atom is 0.00610 e. The standard InChI is InChI=1S/C14H14.C7H8.C3H8/c1-12(13-8-4-2-5-9-13)14-10-6-3-7-11-14;1-7-5-3-2-4-6-7;1-3-2/h2-12H,1H3;2-6H,1H3;3H2,1-2H3. The largest absolute Gasteiger partial charge is 0.0656 e. The van der Waals surface area contributed by atoms with E-state index in [9.17, 15) is 0 Å². The molecule has 0 nitrogen and oxygen atoms in total. The maximum absolute atomic E-state index is 2.24. The molecule has 0 aromatic heterocycles. The van der Waals surface area contributed by atoms with Crippen LogP contribution >= 0.6 is 0 Å². The van der Waals surface area contributed by atoms with Crippen molar-refractivity contribution in [1.29, 1.82) is 0 Å². The number of aryl methyl sites for hydroxylation is 1. The van der Waals surface area contributed by atoms with Crippen LogP contribution in [0.3, 0.4) is 0 Å². The quantitative estimate of drug-likeness (QED) is 0.467. The third-order valence-corrected chi connectivity index (χ3v) is 3.54. The molecule has 0 heteroatoms. The van der Waals surface area contributed by atoms with Crippen molar-refractivity contribution in [2.75, 3.05) is 0 Å². The lowest BCUT2D eigenvalue weighted by Gasteiger charge is -2.11. The lowest BCUT2D eigenvalue weighted by Crippen LogP contribution is -1.94. The molecule has 0 heterocycles. The number of hydrogen-bond donors (Lipinski definition) is 0. The van der Waals surface area contributed by atoms with Gasteiger partial charge in [0.25, 0.3) is 0 Å². The zero-order chi connectivity index (χ0) is 17.6. The first kappa shape index (κ1) is 19.7. The first-order valence-electron chi connectivity index (χ1n) is 8.80. The van der Waals surface area contributed by atoms with E-state index in [1.807, 2.05) is 18.2 Å². The van der Waals surface area contributed by atoms with Crippen molar-refractivity contribution in [3.63, 3.8) is 0 Å². The summed E-state index contributed by atoms with van der Waals surface area (Å²) in [6.07, 6.45) is 1.25. The molecule has 0 aliphatic carbocycles. The summed E-state index contributed by atoms with van der Waals surface area (Å²) in [6, 6.07) is 31.5. The van der Waals surface area contributed by atoms with Crippen LogP contribution < -0.4 is 0 Å². The highest BCUT2D eigenvalue weighted by Gasteiger charge is 2.05. The van der Waals surface area contributed by atoms with E-state index < -0.39 is 0 Å². The van der Waals surface area contributed by atoms with Crippen LogP contribution in [0.5, 0.6) is 0 Å². The zero-order valence-corrected chi connectivity index (χ0v) is 15.4. The van der Waals surface area contributed by atoms with Crippen LogP contribution in [0.1, 0.15) is 49.8 Å².